The number of benzene rings is 1. The number of rotatable bonds is 4. The first kappa shape index (κ1) is 12.4. The highest BCUT2D eigenvalue weighted by Crippen LogP contribution is 2.22. The molecule has 1 aromatic rings. The summed E-state index contributed by atoms with van der Waals surface area (Å²) in [4.78, 5) is 0. The predicted octanol–water partition coefficient (Wildman–Crippen LogP) is 2.34. The molecule has 0 heterocycles. The minimum absolute atomic E-state index is 0.800. The highest BCUT2D eigenvalue weighted by Gasteiger charge is 2.24. The molecular formula is C15H24NO+. The first-order valence-electron chi connectivity index (χ1n) is 6.76. The third-order valence-corrected chi connectivity index (χ3v) is 4.01. The highest BCUT2D eigenvalue weighted by atomic mass is 16.5. The lowest BCUT2D eigenvalue weighted by Gasteiger charge is -2.26. The Kier molecular flexibility index (Phi) is 4.43. The fourth-order valence-electron chi connectivity index (χ4n) is 2.85. The van der Waals surface area contributed by atoms with Crippen LogP contribution in [0.2, 0.25) is 0 Å². The molecule has 1 aromatic carbocycles. The summed E-state index contributed by atoms with van der Waals surface area (Å²) >= 11 is 0. The smallest absolute Gasteiger partial charge is 0.127 e. The Morgan fingerprint density at radius 3 is 2.76 bits per heavy atom. The molecule has 2 atom stereocenters. The highest BCUT2D eigenvalue weighted by molar-refractivity contribution is 5.32. The van der Waals surface area contributed by atoms with Gasteiger partial charge in [-0.2, -0.15) is 0 Å². The molecule has 0 unspecified atom stereocenters. The fraction of sp³-hybridized carbons (Fsp3) is 0.600. The van der Waals surface area contributed by atoms with E-state index in [1.165, 1.54) is 31.2 Å². The molecule has 0 amide bonds. The van der Waals surface area contributed by atoms with E-state index in [-0.39, 0.29) is 0 Å². The number of nitrogens with two attached hydrogens (primary N) is 1. The first-order valence-corrected chi connectivity index (χ1v) is 6.76. The van der Waals surface area contributed by atoms with Crippen molar-refractivity contribution < 1.29 is 10.1 Å². The molecule has 0 saturated heterocycles. The predicted molar refractivity (Wildman–Crippen MR) is 70.0 cm³/mol. The van der Waals surface area contributed by atoms with E-state index in [4.69, 9.17) is 4.74 Å². The largest absolute Gasteiger partial charge is 0.496 e. The molecule has 0 aromatic heterocycles. The molecule has 17 heavy (non-hydrogen) atoms. The molecule has 1 fully saturated rings. The van der Waals surface area contributed by atoms with E-state index >= 15 is 0 Å². The summed E-state index contributed by atoms with van der Waals surface area (Å²) < 4.78 is 5.39. The lowest BCUT2D eigenvalue weighted by molar-refractivity contribution is -0.712. The van der Waals surface area contributed by atoms with Crippen LogP contribution in [0.25, 0.3) is 0 Å². The topological polar surface area (TPSA) is 25.8 Å². The van der Waals surface area contributed by atoms with Crippen LogP contribution in [0.3, 0.4) is 0 Å². The van der Waals surface area contributed by atoms with Gasteiger partial charge >= 0.3 is 0 Å². The number of hydrogen-bond acceptors (Lipinski definition) is 1. The maximum absolute atomic E-state index is 5.39. The normalized spacial score (nSPS) is 24.6. The van der Waals surface area contributed by atoms with Gasteiger partial charge in [-0.25, -0.2) is 0 Å². The monoisotopic (exact) mass is 234 g/mol. The van der Waals surface area contributed by atoms with Crippen molar-refractivity contribution >= 4 is 0 Å². The van der Waals surface area contributed by atoms with E-state index in [0.717, 1.165) is 24.3 Å². The van der Waals surface area contributed by atoms with Gasteiger partial charge < -0.3 is 10.1 Å². The van der Waals surface area contributed by atoms with Crippen molar-refractivity contribution in [3.05, 3.63) is 29.8 Å². The van der Waals surface area contributed by atoms with Gasteiger partial charge in [0.15, 0.2) is 0 Å². The molecule has 0 bridgehead atoms. The number of hydrogen-bond donors (Lipinski definition) is 1. The van der Waals surface area contributed by atoms with Crippen LogP contribution in [-0.2, 0) is 6.54 Å². The van der Waals surface area contributed by atoms with Gasteiger partial charge in [0.1, 0.15) is 12.3 Å². The van der Waals surface area contributed by atoms with Gasteiger partial charge in [-0.15, -0.1) is 0 Å². The average Bonchev–Trinajstić information content (AvgIpc) is 2.38. The van der Waals surface area contributed by atoms with Gasteiger partial charge in [0, 0.05) is 11.5 Å². The van der Waals surface area contributed by atoms with E-state index in [0.29, 0.717) is 0 Å². The Labute approximate surface area is 104 Å². The van der Waals surface area contributed by atoms with Gasteiger partial charge in [-0.1, -0.05) is 25.5 Å². The minimum atomic E-state index is 0.800. The molecule has 2 nitrogen and oxygen atoms in total. The van der Waals surface area contributed by atoms with Crippen LogP contribution in [0.5, 0.6) is 5.75 Å². The van der Waals surface area contributed by atoms with Crippen molar-refractivity contribution in [3.63, 3.8) is 0 Å². The summed E-state index contributed by atoms with van der Waals surface area (Å²) in [6.07, 6.45) is 5.58. The van der Waals surface area contributed by atoms with Gasteiger partial charge in [0.05, 0.1) is 13.2 Å². The Morgan fingerprint density at radius 1 is 1.24 bits per heavy atom. The number of methoxy groups -OCH3 is 1. The van der Waals surface area contributed by atoms with Crippen LogP contribution in [0.1, 0.15) is 38.2 Å². The number of para-hydroxylation sites is 1. The second-order valence-electron chi connectivity index (χ2n) is 5.18. The standard InChI is InChI=1S/C15H23NO/c1-12-7-3-5-9-14(12)16-11-13-8-4-6-10-15(13)17-2/h4,6,8,10,12,14,16H,3,5,7,9,11H2,1-2H3/p+1/t12-,14-/m1/s1. The van der Waals surface area contributed by atoms with Gasteiger partial charge in [0.2, 0.25) is 0 Å². The van der Waals surface area contributed by atoms with Crippen LogP contribution < -0.4 is 10.1 Å². The molecular weight excluding hydrogens is 210 g/mol. The molecule has 2 N–H and O–H groups in total. The SMILES string of the molecule is COc1ccccc1C[NH2+][C@@H]1CCCC[C@H]1C. The molecule has 0 radical (unpaired) electrons. The Hall–Kier alpha value is -1.02. The summed E-state index contributed by atoms with van der Waals surface area (Å²) in [5, 5.41) is 2.50. The molecule has 1 saturated carbocycles. The van der Waals surface area contributed by atoms with Crippen molar-refractivity contribution in [3.8, 4) is 5.75 Å². The molecule has 1 aliphatic rings. The molecule has 2 heteroatoms. The summed E-state index contributed by atoms with van der Waals surface area (Å²) in [5.74, 6) is 1.88. The second kappa shape index (κ2) is 6.06. The summed E-state index contributed by atoms with van der Waals surface area (Å²) in [6, 6.07) is 9.14. The quantitative estimate of drug-likeness (QED) is 0.850. The Morgan fingerprint density at radius 2 is 2.00 bits per heavy atom. The summed E-state index contributed by atoms with van der Waals surface area (Å²) in [5.41, 5.74) is 1.31. The molecule has 0 spiro atoms. The lowest BCUT2D eigenvalue weighted by Crippen LogP contribution is -2.90. The molecule has 1 aliphatic carbocycles. The van der Waals surface area contributed by atoms with Crippen molar-refractivity contribution in [2.45, 2.75) is 45.2 Å². The summed E-state index contributed by atoms with van der Waals surface area (Å²) in [7, 11) is 1.75. The zero-order valence-corrected chi connectivity index (χ0v) is 11.0. The van der Waals surface area contributed by atoms with Gasteiger partial charge in [-0.05, 0) is 31.4 Å². The zero-order valence-electron chi connectivity index (χ0n) is 11.0. The van der Waals surface area contributed by atoms with Crippen LogP contribution in [0.15, 0.2) is 24.3 Å². The third kappa shape index (κ3) is 3.22. The van der Waals surface area contributed by atoms with Gasteiger partial charge in [0.25, 0.3) is 0 Å². The van der Waals surface area contributed by atoms with Crippen molar-refractivity contribution in [2.75, 3.05) is 7.11 Å². The van der Waals surface area contributed by atoms with Crippen molar-refractivity contribution in [1.29, 1.82) is 0 Å². The Bertz CT molecular complexity index is 351. The molecule has 0 aliphatic heterocycles. The Balaban J connectivity index is 1.92. The van der Waals surface area contributed by atoms with Crippen LogP contribution in [0, 0.1) is 5.92 Å². The average molecular weight is 234 g/mol. The molecule has 2 rings (SSSR count). The van der Waals surface area contributed by atoms with Crippen LogP contribution >= 0.6 is 0 Å². The van der Waals surface area contributed by atoms with Crippen LogP contribution in [0.4, 0.5) is 0 Å². The third-order valence-electron chi connectivity index (χ3n) is 4.01. The number of ether oxygens (including phenoxy) is 1. The van der Waals surface area contributed by atoms with Crippen molar-refractivity contribution in [1.82, 2.24) is 0 Å². The second-order valence-corrected chi connectivity index (χ2v) is 5.18. The van der Waals surface area contributed by atoms with E-state index < -0.39 is 0 Å². The van der Waals surface area contributed by atoms with Crippen LogP contribution in [-0.4, -0.2) is 13.2 Å². The maximum Gasteiger partial charge on any atom is 0.127 e. The van der Waals surface area contributed by atoms with Crippen molar-refractivity contribution in [2.24, 2.45) is 5.92 Å². The van der Waals surface area contributed by atoms with E-state index in [9.17, 15) is 0 Å². The van der Waals surface area contributed by atoms with E-state index in [1.807, 2.05) is 12.1 Å². The maximum atomic E-state index is 5.39. The molecule has 94 valence electrons. The van der Waals surface area contributed by atoms with E-state index in [1.54, 1.807) is 7.11 Å². The van der Waals surface area contributed by atoms with E-state index in [2.05, 4.69) is 24.4 Å². The zero-order chi connectivity index (χ0) is 12.1. The lowest BCUT2D eigenvalue weighted by atomic mass is 9.86. The minimum Gasteiger partial charge on any atom is -0.496 e. The number of quaternary nitrogens is 1. The summed E-state index contributed by atoms with van der Waals surface area (Å²) in [6.45, 7) is 3.43. The first-order chi connectivity index (χ1) is 8.31. The fourth-order valence-corrected chi connectivity index (χ4v) is 2.85. The van der Waals surface area contributed by atoms with Gasteiger partial charge in [-0.3, -0.25) is 0 Å².